The molecule has 3 rings (SSSR count). The predicted octanol–water partition coefficient (Wildman–Crippen LogP) is 4.01. The van der Waals surface area contributed by atoms with Crippen molar-refractivity contribution in [1.82, 2.24) is 0 Å². The molecule has 0 atom stereocenters. The van der Waals surface area contributed by atoms with Crippen LogP contribution in [-0.4, -0.2) is 24.4 Å². The molecule has 0 aliphatic carbocycles. The lowest BCUT2D eigenvalue weighted by molar-refractivity contribution is -0.119. The van der Waals surface area contributed by atoms with Gasteiger partial charge in [-0.25, -0.2) is 13.6 Å². The first kappa shape index (κ1) is 20.7. The average Bonchev–Trinajstić information content (AvgIpc) is 2.74. The summed E-state index contributed by atoms with van der Waals surface area (Å²) in [6.07, 6.45) is 0. The maximum atomic E-state index is 13.0. The summed E-state index contributed by atoms with van der Waals surface area (Å²) in [5.74, 6) is -2.89. The highest BCUT2D eigenvalue weighted by atomic mass is 19.1. The number of benzene rings is 3. The lowest BCUT2D eigenvalue weighted by Crippen LogP contribution is -2.23. The van der Waals surface area contributed by atoms with Crippen LogP contribution in [0.25, 0.3) is 0 Å². The third-order valence-electron chi connectivity index (χ3n) is 3.96. The van der Waals surface area contributed by atoms with Crippen LogP contribution in [0.4, 0.5) is 20.2 Å². The number of para-hydroxylation sites is 1. The van der Waals surface area contributed by atoms with E-state index >= 15 is 0 Å². The molecule has 0 spiro atoms. The summed E-state index contributed by atoms with van der Waals surface area (Å²) in [6.45, 7) is -0.593. The molecule has 0 heterocycles. The van der Waals surface area contributed by atoms with E-state index in [9.17, 15) is 23.2 Å². The number of nitrogens with one attached hydrogen (secondary N) is 2. The molecule has 0 aliphatic rings. The van der Waals surface area contributed by atoms with Gasteiger partial charge in [-0.05, 0) is 60.7 Å². The Labute approximate surface area is 170 Å². The van der Waals surface area contributed by atoms with Gasteiger partial charge in [0.15, 0.2) is 6.61 Å². The Balaban J connectivity index is 1.61. The second kappa shape index (κ2) is 9.42. The SMILES string of the molecule is O=C(COC(=O)c1ccc(F)cc1)Nc1ccccc1C(=O)Nc1ccc(F)cc1. The van der Waals surface area contributed by atoms with Gasteiger partial charge in [-0.2, -0.15) is 0 Å². The summed E-state index contributed by atoms with van der Waals surface area (Å²) in [7, 11) is 0. The van der Waals surface area contributed by atoms with Gasteiger partial charge in [-0.3, -0.25) is 9.59 Å². The van der Waals surface area contributed by atoms with Crippen molar-refractivity contribution in [2.45, 2.75) is 0 Å². The fraction of sp³-hybridized carbons (Fsp3) is 0.0455. The van der Waals surface area contributed by atoms with Gasteiger partial charge in [0.25, 0.3) is 11.8 Å². The van der Waals surface area contributed by atoms with Crippen molar-refractivity contribution in [3.05, 3.63) is 95.6 Å². The molecule has 8 heteroatoms. The number of hydrogen-bond acceptors (Lipinski definition) is 4. The van der Waals surface area contributed by atoms with E-state index in [1.54, 1.807) is 12.1 Å². The molecule has 152 valence electrons. The molecule has 30 heavy (non-hydrogen) atoms. The van der Waals surface area contributed by atoms with Crippen molar-refractivity contribution in [1.29, 1.82) is 0 Å². The number of anilines is 2. The Morgan fingerprint density at radius 1 is 0.767 bits per heavy atom. The van der Waals surface area contributed by atoms with Gasteiger partial charge in [0.05, 0.1) is 16.8 Å². The van der Waals surface area contributed by atoms with Crippen LogP contribution >= 0.6 is 0 Å². The van der Waals surface area contributed by atoms with Crippen molar-refractivity contribution in [3.63, 3.8) is 0 Å². The van der Waals surface area contributed by atoms with Crippen molar-refractivity contribution in [2.24, 2.45) is 0 Å². The van der Waals surface area contributed by atoms with E-state index in [-0.39, 0.29) is 16.8 Å². The minimum Gasteiger partial charge on any atom is -0.452 e. The molecule has 0 fully saturated rings. The van der Waals surface area contributed by atoms with E-state index in [2.05, 4.69) is 10.6 Å². The van der Waals surface area contributed by atoms with Crippen molar-refractivity contribution in [2.75, 3.05) is 17.2 Å². The standard InChI is InChI=1S/C22H16F2N2O4/c23-15-7-5-14(6-8-15)22(29)30-13-20(27)26-19-4-2-1-3-18(19)21(28)25-17-11-9-16(24)10-12-17/h1-12H,13H2,(H,25,28)(H,26,27). The number of esters is 1. The maximum Gasteiger partial charge on any atom is 0.338 e. The summed E-state index contributed by atoms with van der Waals surface area (Å²) in [5.41, 5.74) is 0.860. The van der Waals surface area contributed by atoms with Crippen LogP contribution in [0.5, 0.6) is 0 Å². The molecule has 0 aliphatic heterocycles. The summed E-state index contributed by atoms with van der Waals surface area (Å²) in [5, 5.41) is 5.11. The van der Waals surface area contributed by atoms with E-state index < -0.39 is 36.0 Å². The maximum absolute atomic E-state index is 13.0. The van der Waals surface area contributed by atoms with Crippen LogP contribution in [0, 0.1) is 11.6 Å². The zero-order chi connectivity index (χ0) is 21.5. The van der Waals surface area contributed by atoms with E-state index in [1.165, 1.54) is 48.5 Å². The van der Waals surface area contributed by atoms with E-state index in [0.717, 1.165) is 12.1 Å². The van der Waals surface area contributed by atoms with Crippen LogP contribution < -0.4 is 10.6 Å². The monoisotopic (exact) mass is 410 g/mol. The third-order valence-corrected chi connectivity index (χ3v) is 3.96. The summed E-state index contributed by atoms with van der Waals surface area (Å²) >= 11 is 0. The Bertz CT molecular complexity index is 1070. The fourth-order valence-corrected chi connectivity index (χ4v) is 2.51. The van der Waals surface area contributed by atoms with Gasteiger partial charge in [0, 0.05) is 5.69 Å². The largest absolute Gasteiger partial charge is 0.452 e. The van der Waals surface area contributed by atoms with Crippen LogP contribution in [0.2, 0.25) is 0 Å². The number of carbonyl (C=O) groups is 3. The molecule has 6 nitrogen and oxygen atoms in total. The number of hydrogen-bond donors (Lipinski definition) is 2. The molecule has 3 aromatic carbocycles. The summed E-state index contributed by atoms with van der Waals surface area (Å²) in [6, 6.07) is 16.2. The Morgan fingerprint density at radius 3 is 2.03 bits per heavy atom. The minimum absolute atomic E-state index is 0.100. The molecule has 2 N–H and O–H groups in total. The van der Waals surface area contributed by atoms with Crippen molar-refractivity contribution in [3.8, 4) is 0 Å². The molecular formula is C22H16F2N2O4. The second-order valence-corrected chi connectivity index (χ2v) is 6.14. The quantitative estimate of drug-likeness (QED) is 0.602. The fourth-order valence-electron chi connectivity index (χ4n) is 2.51. The predicted molar refractivity (Wildman–Crippen MR) is 106 cm³/mol. The number of rotatable bonds is 6. The normalized spacial score (nSPS) is 10.2. The Morgan fingerprint density at radius 2 is 1.37 bits per heavy atom. The van der Waals surface area contributed by atoms with Gasteiger partial charge >= 0.3 is 5.97 Å². The van der Waals surface area contributed by atoms with Crippen molar-refractivity contribution >= 4 is 29.2 Å². The lowest BCUT2D eigenvalue weighted by atomic mass is 10.1. The van der Waals surface area contributed by atoms with E-state index in [0.29, 0.717) is 5.69 Å². The number of amides is 2. The Hall–Kier alpha value is -4.07. The van der Waals surface area contributed by atoms with Gasteiger partial charge in [0.2, 0.25) is 0 Å². The van der Waals surface area contributed by atoms with Crippen molar-refractivity contribution < 1.29 is 27.9 Å². The van der Waals surface area contributed by atoms with Gasteiger partial charge in [-0.1, -0.05) is 12.1 Å². The lowest BCUT2D eigenvalue weighted by Gasteiger charge is -2.12. The highest BCUT2D eigenvalue weighted by Crippen LogP contribution is 2.18. The van der Waals surface area contributed by atoms with Crippen LogP contribution in [-0.2, 0) is 9.53 Å². The second-order valence-electron chi connectivity index (χ2n) is 6.14. The van der Waals surface area contributed by atoms with Gasteiger partial charge in [0.1, 0.15) is 11.6 Å². The average molecular weight is 410 g/mol. The van der Waals surface area contributed by atoms with Crippen LogP contribution in [0.1, 0.15) is 20.7 Å². The molecule has 3 aromatic rings. The molecule has 0 saturated heterocycles. The molecule has 0 unspecified atom stereocenters. The van der Waals surface area contributed by atoms with Crippen LogP contribution in [0.3, 0.4) is 0 Å². The summed E-state index contributed by atoms with van der Waals surface area (Å²) in [4.78, 5) is 36.6. The topological polar surface area (TPSA) is 84.5 Å². The minimum atomic E-state index is -0.785. The van der Waals surface area contributed by atoms with Gasteiger partial charge in [-0.15, -0.1) is 0 Å². The smallest absolute Gasteiger partial charge is 0.338 e. The van der Waals surface area contributed by atoms with E-state index in [4.69, 9.17) is 4.74 Å². The molecule has 0 radical (unpaired) electrons. The summed E-state index contributed by atoms with van der Waals surface area (Å²) < 4.78 is 30.8. The van der Waals surface area contributed by atoms with Gasteiger partial charge < -0.3 is 15.4 Å². The molecule has 0 bridgehead atoms. The first-order chi connectivity index (χ1) is 14.4. The zero-order valence-electron chi connectivity index (χ0n) is 15.5. The highest BCUT2D eigenvalue weighted by molar-refractivity contribution is 6.10. The third kappa shape index (κ3) is 5.48. The molecule has 0 saturated carbocycles. The van der Waals surface area contributed by atoms with E-state index in [1.807, 2.05) is 0 Å². The number of halogens is 2. The number of ether oxygens (including phenoxy) is 1. The highest BCUT2D eigenvalue weighted by Gasteiger charge is 2.15. The first-order valence-electron chi connectivity index (χ1n) is 8.81. The Kier molecular flexibility index (Phi) is 6.49. The zero-order valence-corrected chi connectivity index (χ0v) is 15.5. The van der Waals surface area contributed by atoms with Crippen LogP contribution in [0.15, 0.2) is 72.8 Å². The first-order valence-corrected chi connectivity index (χ1v) is 8.81. The number of carbonyl (C=O) groups excluding carboxylic acids is 3. The molecule has 0 aromatic heterocycles. The molecule has 2 amide bonds. The molecular weight excluding hydrogens is 394 g/mol.